The van der Waals surface area contributed by atoms with E-state index in [1.165, 1.54) is 18.4 Å². The number of aromatic nitrogens is 4. The number of ether oxygens (including phenoxy) is 2. The van der Waals surface area contributed by atoms with E-state index in [9.17, 15) is 0 Å². The highest BCUT2D eigenvalue weighted by Gasteiger charge is 2.48. The monoisotopic (exact) mass is 368 g/mol. The zero-order valence-electron chi connectivity index (χ0n) is 15.7. The molecular weight excluding hydrogens is 340 g/mol. The number of H-pyrrole nitrogens is 1. The molecule has 2 aliphatic rings. The zero-order chi connectivity index (χ0) is 18.3. The second-order valence-corrected chi connectivity index (χ2v) is 7.55. The highest BCUT2D eigenvalue weighted by atomic mass is 16.5. The molecule has 3 heterocycles. The summed E-state index contributed by atoms with van der Waals surface area (Å²) in [6, 6.07) is 10.4. The maximum atomic E-state index is 6.19. The van der Waals surface area contributed by atoms with Gasteiger partial charge in [-0.2, -0.15) is 5.21 Å². The van der Waals surface area contributed by atoms with Gasteiger partial charge >= 0.3 is 0 Å². The van der Waals surface area contributed by atoms with Gasteiger partial charge in [-0.15, -0.1) is 10.2 Å². The van der Waals surface area contributed by atoms with Crippen molar-refractivity contribution in [3.05, 3.63) is 53.9 Å². The van der Waals surface area contributed by atoms with E-state index in [-0.39, 0.29) is 0 Å². The van der Waals surface area contributed by atoms with Gasteiger partial charge in [-0.1, -0.05) is 47.7 Å². The number of hydrogen-bond donors (Lipinski definition) is 1. The minimum Gasteiger partial charge on any atom is -0.376 e. The van der Waals surface area contributed by atoms with Crippen LogP contribution in [0.15, 0.2) is 42.5 Å². The molecule has 2 aromatic rings. The van der Waals surface area contributed by atoms with E-state index in [1.54, 1.807) is 0 Å². The first kappa shape index (κ1) is 18.3. The number of aryl methyl sites for hydroxylation is 1. The van der Waals surface area contributed by atoms with Crippen molar-refractivity contribution in [2.45, 2.75) is 57.3 Å². The molecule has 0 spiro atoms. The molecule has 2 saturated heterocycles. The predicted octanol–water partition coefficient (Wildman–Crippen LogP) is 3.48. The van der Waals surface area contributed by atoms with Gasteiger partial charge in [-0.3, -0.25) is 0 Å². The molecule has 4 rings (SSSR count). The van der Waals surface area contributed by atoms with Crippen molar-refractivity contribution in [3.63, 3.8) is 0 Å². The lowest BCUT2D eigenvalue weighted by atomic mass is 9.78. The van der Waals surface area contributed by atoms with Crippen LogP contribution in [-0.4, -0.2) is 39.4 Å². The third kappa shape index (κ3) is 4.82. The van der Waals surface area contributed by atoms with Crippen molar-refractivity contribution in [2.75, 3.05) is 6.61 Å². The molecule has 2 fully saturated rings. The van der Waals surface area contributed by atoms with Crippen molar-refractivity contribution in [3.8, 4) is 0 Å². The average Bonchev–Trinajstić information content (AvgIpc) is 3.44. The average molecular weight is 368 g/mol. The van der Waals surface area contributed by atoms with Crippen LogP contribution in [-0.2, 0) is 22.5 Å². The number of hydrogen-bond acceptors (Lipinski definition) is 5. The van der Waals surface area contributed by atoms with Gasteiger partial charge in [-0.25, -0.2) is 0 Å². The molecule has 4 atom stereocenters. The molecule has 0 saturated carbocycles. The van der Waals surface area contributed by atoms with E-state index in [1.807, 2.05) is 6.07 Å². The lowest BCUT2D eigenvalue weighted by Gasteiger charge is -2.27. The van der Waals surface area contributed by atoms with E-state index in [2.05, 4.69) is 57.0 Å². The lowest BCUT2D eigenvalue weighted by Crippen LogP contribution is -2.30. The van der Waals surface area contributed by atoms with Gasteiger partial charge in [0.25, 0.3) is 0 Å². The normalized spacial score (nSPS) is 27.0. The van der Waals surface area contributed by atoms with Crippen molar-refractivity contribution in [1.29, 1.82) is 0 Å². The molecule has 0 amide bonds. The number of fused-ring (bicyclic) bond motifs is 2. The summed E-state index contributed by atoms with van der Waals surface area (Å²) in [6.07, 6.45) is 11.9. The Morgan fingerprint density at radius 2 is 1.96 bits per heavy atom. The van der Waals surface area contributed by atoms with Crippen LogP contribution in [0.1, 0.15) is 43.5 Å². The van der Waals surface area contributed by atoms with Gasteiger partial charge in [0.15, 0.2) is 5.82 Å². The Morgan fingerprint density at radius 1 is 1.11 bits per heavy atom. The molecule has 2 bridgehead atoms. The first-order chi connectivity index (χ1) is 13.4. The minimum absolute atomic E-state index is 0.391. The summed E-state index contributed by atoms with van der Waals surface area (Å²) in [5.74, 6) is 1.91. The van der Waals surface area contributed by atoms with E-state index < -0.39 is 0 Å². The molecule has 1 N–H and O–H groups in total. The van der Waals surface area contributed by atoms with Crippen LogP contribution >= 0.6 is 0 Å². The number of rotatable bonds is 10. The molecule has 144 valence electrons. The minimum atomic E-state index is 0.391. The lowest BCUT2D eigenvalue weighted by molar-refractivity contribution is 0.0419. The summed E-state index contributed by atoms with van der Waals surface area (Å²) < 4.78 is 12.2. The number of unbranched alkanes of at least 4 members (excludes halogenated alkanes) is 1. The van der Waals surface area contributed by atoms with Crippen molar-refractivity contribution >= 4 is 0 Å². The summed E-state index contributed by atoms with van der Waals surface area (Å²) >= 11 is 0. The quantitative estimate of drug-likeness (QED) is 0.513. The number of nitrogens with one attached hydrogen (secondary N) is 1. The Morgan fingerprint density at radius 3 is 2.78 bits per heavy atom. The van der Waals surface area contributed by atoms with Crippen LogP contribution in [0.25, 0.3) is 0 Å². The fourth-order valence-corrected chi connectivity index (χ4v) is 4.35. The van der Waals surface area contributed by atoms with Crippen molar-refractivity contribution in [2.24, 2.45) is 11.8 Å². The van der Waals surface area contributed by atoms with E-state index >= 15 is 0 Å². The van der Waals surface area contributed by atoms with Gasteiger partial charge < -0.3 is 9.47 Å². The van der Waals surface area contributed by atoms with Gasteiger partial charge in [0.05, 0.1) is 25.4 Å². The largest absolute Gasteiger partial charge is 0.376 e. The van der Waals surface area contributed by atoms with Crippen LogP contribution in [0.4, 0.5) is 0 Å². The predicted molar refractivity (Wildman–Crippen MR) is 102 cm³/mol. The molecule has 2 aliphatic heterocycles. The molecule has 27 heavy (non-hydrogen) atoms. The molecular formula is C21H28N4O2. The highest BCUT2D eigenvalue weighted by Crippen LogP contribution is 2.45. The van der Waals surface area contributed by atoms with Gasteiger partial charge in [-0.05, 0) is 43.6 Å². The SMILES string of the molecule is C(=CC[C@H]1[C@@H](COCc2ccccc2)[C@H]2CC[C@@H]1O2)CCCc1nn[nH]n1. The molecule has 0 unspecified atom stereocenters. The zero-order valence-corrected chi connectivity index (χ0v) is 15.7. The number of nitrogens with zero attached hydrogens (tertiary/aromatic N) is 3. The fraction of sp³-hybridized carbons (Fsp3) is 0.571. The smallest absolute Gasteiger partial charge is 0.174 e. The van der Waals surface area contributed by atoms with E-state index in [4.69, 9.17) is 9.47 Å². The molecule has 1 aromatic carbocycles. The summed E-state index contributed by atoms with van der Waals surface area (Å²) in [7, 11) is 0. The number of aromatic amines is 1. The second kappa shape index (κ2) is 9.24. The van der Waals surface area contributed by atoms with Crippen molar-refractivity contribution in [1.82, 2.24) is 20.6 Å². The van der Waals surface area contributed by atoms with Crippen LogP contribution in [0, 0.1) is 11.8 Å². The van der Waals surface area contributed by atoms with Crippen LogP contribution < -0.4 is 0 Å². The topological polar surface area (TPSA) is 72.9 Å². The van der Waals surface area contributed by atoms with Gasteiger partial charge in [0, 0.05) is 12.3 Å². The maximum absolute atomic E-state index is 6.19. The van der Waals surface area contributed by atoms with E-state index in [0.29, 0.717) is 30.7 Å². The summed E-state index contributed by atoms with van der Waals surface area (Å²) in [6.45, 7) is 1.49. The Labute approximate surface area is 160 Å². The van der Waals surface area contributed by atoms with E-state index in [0.717, 1.165) is 38.1 Å². The molecule has 0 radical (unpaired) electrons. The molecule has 0 aliphatic carbocycles. The van der Waals surface area contributed by atoms with Crippen LogP contribution in [0.5, 0.6) is 0 Å². The summed E-state index contributed by atoms with van der Waals surface area (Å²) in [5, 5.41) is 14.0. The fourth-order valence-electron chi connectivity index (χ4n) is 4.35. The van der Waals surface area contributed by atoms with Crippen molar-refractivity contribution < 1.29 is 9.47 Å². The van der Waals surface area contributed by atoms with Gasteiger partial charge in [0.1, 0.15) is 0 Å². The van der Waals surface area contributed by atoms with Crippen LogP contribution in [0.3, 0.4) is 0 Å². The maximum Gasteiger partial charge on any atom is 0.174 e. The Bertz CT molecular complexity index is 704. The summed E-state index contributed by atoms with van der Waals surface area (Å²) in [5.41, 5.74) is 1.24. The third-order valence-corrected chi connectivity index (χ3v) is 5.75. The highest BCUT2D eigenvalue weighted by molar-refractivity contribution is 5.13. The number of tetrazole rings is 1. The molecule has 1 aromatic heterocycles. The Hall–Kier alpha value is -2.05. The first-order valence-electron chi connectivity index (χ1n) is 10.0. The molecule has 6 heteroatoms. The Kier molecular flexibility index (Phi) is 6.27. The first-order valence-corrected chi connectivity index (χ1v) is 10.0. The van der Waals surface area contributed by atoms with Gasteiger partial charge in [0.2, 0.25) is 0 Å². The molecule has 6 nitrogen and oxygen atoms in total. The number of benzene rings is 1. The Balaban J connectivity index is 1.20. The third-order valence-electron chi connectivity index (χ3n) is 5.75. The second-order valence-electron chi connectivity index (χ2n) is 7.55. The summed E-state index contributed by atoms with van der Waals surface area (Å²) in [4.78, 5) is 0. The number of allylic oxidation sites excluding steroid dienone is 2. The van der Waals surface area contributed by atoms with Crippen LogP contribution in [0.2, 0.25) is 0 Å². The standard InChI is InChI=1S/C21H28N4O2/c1(2-7-11-21-22-24-25-23-21)6-10-17-18(20-13-12-19(17)27-20)15-26-14-16-8-4-3-5-9-16/h1,3-6,8-9,17-20H,2,7,10-15H2,(H,22,23,24,25)/t17-,18+,19-,20+/m0/s1.